The van der Waals surface area contributed by atoms with Crippen molar-refractivity contribution < 1.29 is 9.13 Å². The summed E-state index contributed by atoms with van der Waals surface area (Å²) >= 11 is 0. The van der Waals surface area contributed by atoms with Gasteiger partial charge in [0.1, 0.15) is 23.1 Å². The summed E-state index contributed by atoms with van der Waals surface area (Å²) in [6.45, 7) is 6.30. The third-order valence-electron chi connectivity index (χ3n) is 2.82. The van der Waals surface area contributed by atoms with Crippen LogP contribution in [0.15, 0.2) is 36.5 Å². The van der Waals surface area contributed by atoms with E-state index in [9.17, 15) is 4.39 Å². The second-order valence-electron chi connectivity index (χ2n) is 5.84. The maximum absolute atomic E-state index is 13.5. The van der Waals surface area contributed by atoms with Crippen LogP contribution in [0.3, 0.4) is 0 Å². The topological polar surface area (TPSA) is 57.9 Å². The Kier molecular flexibility index (Phi) is 4.62. The van der Waals surface area contributed by atoms with Crippen LogP contribution < -0.4 is 10.1 Å². The van der Waals surface area contributed by atoms with Gasteiger partial charge in [-0.1, -0.05) is 6.07 Å². The molecule has 2 aromatic rings. The van der Waals surface area contributed by atoms with Gasteiger partial charge in [-0.3, -0.25) is 0 Å². The molecule has 0 aliphatic heterocycles. The summed E-state index contributed by atoms with van der Waals surface area (Å²) in [4.78, 5) is 4.17. The fraction of sp³-hybridized carbons (Fsp3) is 0.294. The van der Waals surface area contributed by atoms with E-state index in [1.165, 1.54) is 6.07 Å². The molecule has 0 saturated carbocycles. The van der Waals surface area contributed by atoms with Gasteiger partial charge in [0.2, 0.25) is 5.88 Å². The molecule has 1 aromatic carbocycles. The van der Waals surface area contributed by atoms with Crippen LogP contribution in [0, 0.1) is 17.1 Å². The molecule has 1 heterocycles. The van der Waals surface area contributed by atoms with Crippen LogP contribution in [-0.4, -0.2) is 10.6 Å². The number of hydrogen-bond acceptors (Lipinski definition) is 4. The Bertz CT molecular complexity index is 702. The molecule has 0 spiro atoms. The average molecular weight is 299 g/mol. The fourth-order valence-corrected chi connectivity index (χ4v) is 1.91. The molecule has 0 atom stereocenters. The monoisotopic (exact) mass is 299 g/mol. The highest BCUT2D eigenvalue weighted by Crippen LogP contribution is 2.20. The Morgan fingerprint density at radius 1 is 1.32 bits per heavy atom. The first-order chi connectivity index (χ1) is 10.4. The van der Waals surface area contributed by atoms with Crippen molar-refractivity contribution >= 4 is 5.69 Å². The van der Waals surface area contributed by atoms with Crippen molar-refractivity contribution in [3.63, 3.8) is 0 Å². The van der Waals surface area contributed by atoms with E-state index in [-0.39, 0.29) is 11.2 Å². The smallest absolute Gasteiger partial charge is 0.214 e. The number of benzene rings is 1. The van der Waals surface area contributed by atoms with Gasteiger partial charge in [0.15, 0.2) is 0 Å². The second kappa shape index (κ2) is 6.44. The summed E-state index contributed by atoms with van der Waals surface area (Å²) in [5, 5.41) is 12.1. The van der Waals surface area contributed by atoms with Crippen molar-refractivity contribution in [2.75, 3.05) is 5.32 Å². The van der Waals surface area contributed by atoms with Crippen LogP contribution in [0.4, 0.5) is 10.1 Å². The molecule has 0 bridgehead atoms. The predicted molar refractivity (Wildman–Crippen MR) is 83.1 cm³/mol. The molecule has 114 valence electrons. The van der Waals surface area contributed by atoms with Crippen LogP contribution in [0.2, 0.25) is 0 Å². The van der Waals surface area contributed by atoms with E-state index < -0.39 is 5.82 Å². The lowest BCUT2D eigenvalue weighted by molar-refractivity contribution is 0.124. The maximum Gasteiger partial charge on any atom is 0.214 e. The minimum Gasteiger partial charge on any atom is -0.472 e. The van der Waals surface area contributed by atoms with E-state index in [0.717, 1.165) is 5.56 Å². The minimum atomic E-state index is -0.529. The third-order valence-corrected chi connectivity index (χ3v) is 2.82. The van der Waals surface area contributed by atoms with Crippen molar-refractivity contribution in [1.82, 2.24) is 4.98 Å². The van der Waals surface area contributed by atoms with Crippen LogP contribution in [-0.2, 0) is 6.54 Å². The zero-order valence-electron chi connectivity index (χ0n) is 12.9. The molecule has 0 fully saturated rings. The summed E-state index contributed by atoms with van der Waals surface area (Å²) in [6, 6.07) is 10.0. The predicted octanol–water partition coefficient (Wildman–Crippen LogP) is 3.88. The van der Waals surface area contributed by atoms with Crippen LogP contribution in [0.5, 0.6) is 5.88 Å². The molecule has 2 rings (SSSR count). The van der Waals surface area contributed by atoms with Crippen LogP contribution in [0.1, 0.15) is 31.9 Å². The largest absolute Gasteiger partial charge is 0.472 e. The standard InChI is InChI=1S/C17H18FN3O/c1-17(2,3)22-16-9-12(7-8-20-16)11-21-15-6-4-5-14(18)13(15)10-19/h4-9,21H,11H2,1-3H3. The summed E-state index contributed by atoms with van der Waals surface area (Å²) in [5.41, 5.74) is 1.10. The fourth-order valence-electron chi connectivity index (χ4n) is 1.91. The van der Waals surface area contributed by atoms with E-state index in [4.69, 9.17) is 10.00 Å². The van der Waals surface area contributed by atoms with Crippen molar-refractivity contribution in [3.05, 3.63) is 53.5 Å². The number of pyridine rings is 1. The Balaban J connectivity index is 2.11. The first-order valence-electron chi connectivity index (χ1n) is 6.95. The van der Waals surface area contributed by atoms with Gasteiger partial charge in [0, 0.05) is 18.8 Å². The van der Waals surface area contributed by atoms with Gasteiger partial charge in [-0.2, -0.15) is 5.26 Å². The number of rotatable bonds is 4. The Morgan fingerprint density at radius 3 is 2.77 bits per heavy atom. The number of nitriles is 1. The van der Waals surface area contributed by atoms with Crippen molar-refractivity contribution in [2.24, 2.45) is 0 Å². The lowest BCUT2D eigenvalue weighted by Crippen LogP contribution is -2.23. The number of nitrogens with one attached hydrogen (secondary N) is 1. The van der Waals surface area contributed by atoms with Gasteiger partial charge in [-0.25, -0.2) is 9.37 Å². The van der Waals surface area contributed by atoms with Gasteiger partial charge in [-0.05, 0) is 44.5 Å². The van der Waals surface area contributed by atoms with E-state index in [0.29, 0.717) is 18.1 Å². The highest BCUT2D eigenvalue weighted by atomic mass is 19.1. The highest BCUT2D eigenvalue weighted by molar-refractivity contribution is 5.58. The molecule has 22 heavy (non-hydrogen) atoms. The van der Waals surface area contributed by atoms with Gasteiger partial charge in [0.25, 0.3) is 0 Å². The summed E-state index contributed by atoms with van der Waals surface area (Å²) in [5.74, 6) is 0.00512. The Morgan fingerprint density at radius 2 is 2.09 bits per heavy atom. The SMILES string of the molecule is CC(C)(C)Oc1cc(CNc2cccc(F)c2C#N)ccn1. The maximum atomic E-state index is 13.5. The lowest BCUT2D eigenvalue weighted by Gasteiger charge is -2.20. The molecular weight excluding hydrogens is 281 g/mol. The normalized spacial score (nSPS) is 10.9. The molecule has 1 N–H and O–H groups in total. The number of halogens is 1. The van der Waals surface area contributed by atoms with Crippen molar-refractivity contribution in [3.8, 4) is 11.9 Å². The summed E-state index contributed by atoms with van der Waals surface area (Å²) < 4.78 is 19.2. The molecule has 0 aliphatic rings. The van der Waals surface area contributed by atoms with E-state index in [1.54, 1.807) is 18.3 Å². The zero-order valence-corrected chi connectivity index (χ0v) is 12.9. The number of hydrogen-bond donors (Lipinski definition) is 1. The van der Waals surface area contributed by atoms with Gasteiger partial charge in [-0.15, -0.1) is 0 Å². The highest BCUT2D eigenvalue weighted by Gasteiger charge is 2.13. The Labute approximate surface area is 129 Å². The van der Waals surface area contributed by atoms with Gasteiger partial charge < -0.3 is 10.1 Å². The summed E-state index contributed by atoms with van der Waals surface area (Å²) in [7, 11) is 0. The summed E-state index contributed by atoms with van der Waals surface area (Å²) in [6.07, 6.45) is 1.66. The van der Waals surface area contributed by atoms with E-state index >= 15 is 0 Å². The molecule has 0 aliphatic carbocycles. The average Bonchev–Trinajstić information content (AvgIpc) is 2.44. The van der Waals surface area contributed by atoms with E-state index in [2.05, 4.69) is 10.3 Å². The molecule has 0 unspecified atom stereocenters. The van der Waals surface area contributed by atoms with Gasteiger partial charge >= 0.3 is 0 Å². The van der Waals surface area contributed by atoms with E-state index in [1.807, 2.05) is 39.0 Å². The first-order valence-corrected chi connectivity index (χ1v) is 6.95. The minimum absolute atomic E-state index is 0.0164. The van der Waals surface area contributed by atoms with Gasteiger partial charge in [0.05, 0.1) is 5.69 Å². The molecule has 0 amide bonds. The van der Waals surface area contributed by atoms with Crippen molar-refractivity contribution in [1.29, 1.82) is 5.26 Å². The molecular formula is C17H18FN3O. The quantitative estimate of drug-likeness (QED) is 0.930. The lowest BCUT2D eigenvalue weighted by atomic mass is 10.1. The number of ether oxygens (including phenoxy) is 1. The van der Waals surface area contributed by atoms with Crippen LogP contribution in [0.25, 0.3) is 0 Å². The van der Waals surface area contributed by atoms with Crippen LogP contribution >= 0.6 is 0 Å². The molecule has 4 nitrogen and oxygen atoms in total. The molecule has 5 heteroatoms. The number of aromatic nitrogens is 1. The number of anilines is 1. The Hall–Kier alpha value is -2.61. The third kappa shape index (κ3) is 4.19. The molecule has 0 saturated heterocycles. The number of nitrogens with zero attached hydrogens (tertiary/aromatic N) is 2. The molecule has 0 radical (unpaired) electrons. The second-order valence-corrected chi connectivity index (χ2v) is 5.84. The molecule has 1 aromatic heterocycles. The zero-order chi connectivity index (χ0) is 16.2. The first kappa shape index (κ1) is 15.8. The van der Waals surface area contributed by atoms with Crippen molar-refractivity contribution in [2.45, 2.75) is 32.9 Å².